The molecular weight excluding hydrogens is 240 g/mol. The smallest absolute Gasteiger partial charge is 0.218 e. The fraction of sp³-hybridized carbons (Fsp3) is 0.286. The molecule has 1 heterocycles. The molecule has 2 rings (SSSR count). The van der Waals surface area contributed by atoms with Gasteiger partial charge in [0.1, 0.15) is 11.6 Å². The molecule has 1 aromatic carbocycles. The molecule has 19 heavy (non-hydrogen) atoms. The summed E-state index contributed by atoms with van der Waals surface area (Å²) in [6.07, 6.45) is 0. The van der Waals surface area contributed by atoms with Crippen LogP contribution in [0.3, 0.4) is 0 Å². The number of rotatable bonds is 4. The molecule has 0 aliphatic carbocycles. The van der Waals surface area contributed by atoms with E-state index >= 15 is 0 Å². The minimum Gasteiger partial charge on any atom is -0.481 e. The Bertz CT molecular complexity index is 571. The molecule has 0 bridgehead atoms. The highest BCUT2D eigenvalue weighted by molar-refractivity contribution is 5.45. The normalized spacial score (nSPS) is 10.3. The third-order valence-corrected chi connectivity index (χ3v) is 2.77. The Hall–Kier alpha value is -2.30. The van der Waals surface area contributed by atoms with Gasteiger partial charge in [0.15, 0.2) is 0 Å². The molecule has 0 fully saturated rings. The van der Waals surface area contributed by atoms with Gasteiger partial charge >= 0.3 is 0 Å². The van der Waals surface area contributed by atoms with Crippen LogP contribution in [-0.2, 0) is 6.54 Å². The lowest BCUT2D eigenvalue weighted by Gasteiger charge is -2.19. The topological polar surface area (TPSA) is 64.3 Å². The van der Waals surface area contributed by atoms with E-state index in [-0.39, 0.29) is 0 Å². The van der Waals surface area contributed by atoms with Crippen molar-refractivity contribution in [3.8, 4) is 5.88 Å². The van der Waals surface area contributed by atoms with E-state index in [1.807, 2.05) is 49.2 Å². The second kappa shape index (κ2) is 5.56. The monoisotopic (exact) mass is 258 g/mol. The Labute approximate surface area is 113 Å². The molecule has 2 aromatic rings. The first-order valence-corrected chi connectivity index (χ1v) is 6.03. The number of hydrogen-bond acceptors (Lipinski definition) is 5. The molecular formula is C14H18N4O. The molecule has 0 aliphatic heterocycles. The van der Waals surface area contributed by atoms with Crippen LogP contribution in [0.2, 0.25) is 0 Å². The molecule has 5 nitrogen and oxygen atoms in total. The summed E-state index contributed by atoms with van der Waals surface area (Å²) in [5, 5.41) is 0. The molecule has 2 N–H and O–H groups in total. The van der Waals surface area contributed by atoms with Crippen LogP contribution in [0.15, 0.2) is 30.3 Å². The summed E-state index contributed by atoms with van der Waals surface area (Å²) in [6.45, 7) is 2.57. The summed E-state index contributed by atoms with van der Waals surface area (Å²) < 4.78 is 5.16. The molecule has 0 atom stereocenters. The molecule has 0 spiro atoms. The maximum absolute atomic E-state index is 5.78. The van der Waals surface area contributed by atoms with Gasteiger partial charge in [0.05, 0.1) is 7.11 Å². The van der Waals surface area contributed by atoms with Crippen molar-refractivity contribution in [2.24, 2.45) is 0 Å². The minimum absolute atomic E-state index is 0.571. The number of ether oxygens (including phenoxy) is 1. The van der Waals surface area contributed by atoms with Crippen molar-refractivity contribution in [2.75, 3.05) is 24.8 Å². The van der Waals surface area contributed by atoms with Crippen molar-refractivity contribution in [1.29, 1.82) is 0 Å². The quantitative estimate of drug-likeness (QED) is 0.850. The number of nitrogens with zero attached hydrogens (tertiary/aromatic N) is 3. The second-order valence-corrected chi connectivity index (χ2v) is 4.42. The van der Waals surface area contributed by atoms with Crippen molar-refractivity contribution in [3.63, 3.8) is 0 Å². The van der Waals surface area contributed by atoms with Gasteiger partial charge in [-0.05, 0) is 24.6 Å². The van der Waals surface area contributed by atoms with E-state index in [4.69, 9.17) is 10.5 Å². The average molecular weight is 258 g/mol. The van der Waals surface area contributed by atoms with E-state index < -0.39 is 0 Å². The number of aromatic nitrogens is 2. The van der Waals surface area contributed by atoms with Gasteiger partial charge in [-0.3, -0.25) is 0 Å². The van der Waals surface area contributed by atoms with E-state index in [0.29, 0.717) is 11.7 Å². The van der Waals surface area contributed by atoms with E-state index in [2.05, 4.69) is 9.97 Å². The molecule has 1 aromatic heterocycles. The van der Waals surface area contributed by atoms with Crippen molar-refractivity contribution in [1.82, 2.24) is 9.97 Å². The lowest BCUT2D eigenvalue weighted by Crippen LogP contribution is -2.18. The zero-order valence-electron chi connectivity index (χ0n) is 11.4. The van der Waals surface area contributed by atoms with Crippen molar-refractivity contribution in [3.05, 3.63) is 41.7 Å². The molecule has 0 radical (unpaired) electrons. The van der Waals surface area contributed by atoms with Crippen LogP contribution in [0.4, 0.5) is 11.5 Å². The maximum atomic E-state index is 5.78. The van der Waals surface area contributed by atoms with Gasteiger partial charge in [-0.25, -0.2) is 4.98 Å². The number of nitrogens with two attached hydrogens (primary N) is 1. The summed E-state index contributed by atoms with van der Waals surface area (Å²) in [4.78, 5) is 10.6. The molecule has 0 unspecified atom stereocenters. The van der Waals surface area contributed by atoms with Crippen LogP contribution >= 0.6 is 0 Å². The van der Waals surface area contributed by atoms with Gasteiger partial charge in [-0.15, -0.1) is 0 Å². The summed E-state index contributed by atoms with van der Waals surface area (Å²) in [5.74, 6) is 2.09. The SMILES string of the molecule is COc1cc(N(C)Cc2cccc(N)c2)nc(C)n1. The number of anilines is 2. The van der Waals surface area contributed by atoms with Crippen LogP contribution in [-0.4, -0.2) is 24.1 Å². The van der Waals surface area contributed by atoms with Crippen LogP contribution in [0.5, 0.6) is 5.88 Å². The lowest BCUT2D eigenvalue weighted by molar-refractivity contribution is 0.395. The number of hydrogen-bond donors (Lipinski definition) is 1. The van der Waals surface area contributed by atoms with E-state index in [1.54, 1.807) is 7.11 Å². The van der Waals surface area contributed by atoms with Crippen molar-refractivity contribution < 1.29 is 4.74 Å². The van der Waals surface area contributed by atoms with Crippen molar-refractivity contribution in [2.45, 2.75) is 13.5 Å². The molecule has 5 heteroatoms. The first-order valence-electron chi connectivity index (χ1n) is 6.03. The zero-order valence-corrected chi connectivity index (χ0v) is 11.4. The first kappa shape index (κ1) is 13.1. The first-order chi connectivity index (χ1) is 9.08. The van der Waals surface area contributed by atoms with E-state index in [0.717, 1.165) is 23.6 Å². The van der Waals surface area contributed by atoms with Gasteiger partial charge < -0.3 is 15.4 Å². The van der Waals surface area contributed by atoms with Crippen molar-refractivity contribution >= 4 is 11.5 Å². The summed E-state index contributed by atoms with van der Waals surface area (Å²) in [5.41, 5.74) is 7.68. The summed E-state index contributed by atoms with van der Waals surface area (Å²) >= 11 is 0. The largest absolute Gasteiger partial charge is 0.481 e. The Morgan fingerprint density at radius 1 is 1.26 bits per heavy atom. The number of benzene rings is 1. The third-order valence-electron chi connectivity index (χ3n) is 2.77. The van der Waals surface area contributed by atoms with Crippen LogP contribution in [0.1, 0.15) is 11.4 Å². The lowest BCUT2D eigenvalue weighted by atomic mass is 10.2. The van der Waals surface area contributed by atoms with Gasteiger partial charge in [-0.1, -0.05) is 12.1 Å². The number of methoxy groups -OCH3 is 1. The van der Waals surface area contributed by atoms with Crippen LogP contribution < -0.4 is 15.4 Å². The van der Waals surface area contributed by atoms with Crippen LogP contribution in [0, 0.1) is 6.92 Å². The molecule has 100 valence electrons. The van der Waals surface area contributed by atoms with Gasteiger partial charge in [-0.2, -0.15) is 4.98 Å². The molecule has 0 saturated heterocycles. The van der Waals surface area contributed by atoms with Gasteiger partial charge in [0.2, 0.25) is 5.88 Å². The highest BCUT2D eigenvalue weighted by Gasteiger charge is 2.07. The minimum atomic E-state index is 0.571. The highest BCUT2D eigenvalue weighted by Crippen LogP contribution is 2.18. The Kier molecular flexibility index (Phi) is 3.85. The second-order valence-electron chi connectivity index (χ2n) is 4.42. The van der Waals surface area contributed by atoms with E-state index in [1.165, 1.54) is 0 Å². The average Bonchev–Trinajstić information content (AvgIpc) is 2.38. The number of aryl methyl sites for hydroxylation is 1. The fourth-order valence-corrected chi connectivity index (χ4v) is 1.87. The van der Waals surface area contributed by atoms with Gasteiger partial charge in [0, 0.05) is 25.3 Å². The third kappa shape index (κ3) is 3.34. The Morgan fingerprint density at radius 3 is 2.74 bits per heavy atom. The highest BCUT2D eigenvalue weighted by atomic mass is 16.5. The maximum Gasteiger partial charge on any atom is 0.218 e. The van der Waals surface area contributed by atoms with E-state index in [9.17, 15) is 0 Å². The van der Waals surface area contributed by atoms with Crippen LogP contribution in [0.25, 0.3) is 0 Å². The molecule has 0 aliphatic rings. The summed E-state index contributed by atoms with van der Waals surface area (Å²) in [7, 11) is 3.58. The predicted molar refractivity (Wildman–Crippen MR) is 76.3 cm³/mol. The standard InChI is InChI=1S/C14H18N4O/c1-10-16-13(8-14(17-10)19-3)18(2)9-11-5-4-6-12(15)7-11/h4-8H,9,15H2,1-3H3. The predicted octanol–water partition coefficient (Wildman–Crippen LogP) is 2.01. The Morgan fingerprint density at radius 2 is 2.05 bits per heavy atom. The molecule has 0 saturated carbocycles. The molecule has 0 amide bonds. The summed E-state index contributed by atoms with van der Waals surface area (Å²) in [6, 6.07) is 9.64. The fourth-order valence-electron chi connectivity index (χ4n) is 1.87. The van der Waals surface area contributed by atoms with Gasteiger partial charge in [0.25, 0.3) is 0 Å². The number of nitrogen functional groups attached to an aromatic ring is 1. The Balaban J connectivity index is 2.20. The zero-order chi connectivity index (χ0) is 13.8.